The molecule has 0 aliphatic carbocycles. The fraction of sp³-hybridized carbons (Fsp3) is 0.500. The minimum atomic E-state index is -2.97. The zero-order valence-electron chi connectivity index (χ0n) is 22.8. The minimum Gasteiger partial charge on any atom is -0.550 e. The fourth-order valence-electron chi connectivity index (χ4n) is 2.93. The van der Waals surface area contributed by atoms with Gasteiger partial charge < -0.3 is 50.1 Å². The Balaban J connectivity index is 0.000000513. The van der Waals surface area contributed by atoms with Crippen LogP contribution >= 0.6 is 0 Å². The summed E-state index contributed by atoms with van der Waals surface area (Å²) in [5, 5.41) is 64.4. The summed E-state index contributed by atoms with van der Waals surface area (Å²) in [4.78, 5) is 30.0. The largest absolute Gasteiger partial charge is 0.550 e. The van der Waals surface area contributed by atoms with Crippen LogP contribution in [0.2, 0.25) is 0 Å². The van der Waals surface area contributed by atoms with Gasteiger partial charge in [-0.3, -0.25) is 0 Å². The van der Waals surface area contributed by atoms with Gasteiger partial charge in [0.2, 0.25) is 19.0 Å². The first-order valence-electron chi connectivity index (χ1n) is 11.9. The average molecular weight is 571 g/mol. The lowest BCUT2D eigenvalue weighted by atomic mass is 9.96. The van der Waals surface area contributed by atoms with Gasteiger partial charge >= 0.3 is 0 Å². The second-order valence-electron chi connectivity index (χ2n) is 8.54. The van der Waals surface area contributed by atoms with Gasteiger partial charge in [0.15, 0.2) is 0 Å². The number of hydrogen-bond donors (Lipinski definition) is 4. The van der Waals surface area contributed by atoms with Crippen LogP contribution in [0, 0.1) is 0 Å². The van der Waals surface area contributed by atoms with Gasteiger partial charge in [0.25, 0.3) is 0 Å². The van der Waals surface area contributed by atoms with Gasteiger partial charge in [-0.05, 0) is 0 Å². The Kier molecular flexibility index (Phi) is 17.1. The molecule has 40 heavy (non-hydrogen) atoms. The quantitative estimate of drug-likeness (QED) is 0.159. The molecule has 3 aromatic heterocycles. The summed E-state index contributed by atoms with van der Waals surface area (Å²) >= 11 is 0. The van der Waals surface area contributed by atoms with Gasteiger partial charge in [0.05, 0.1) is 46.9 Å². The SMILES string of the molecule is C[n+]1ccn(CCO)c1.C[n+]1ccn(CCO)c1.C[n+]1ccn(CCO)c1.O=C([O-])CC(O)(CC(=O)[O-])C(=O)[O-]. The highest BCUT2D eigenvalue weighted by Crippen LogP contribution is 2.13. The van der Waals surface area contributed by atoms with Gasteiger partial charge in [0.1, 0.15) is 62.4 Å². The van der Waals surface area contributed by atoms with Crippen molar-refractivity contribution >= 4 is 17.9 Å². The predicted molar refractivity (Wildman–Crippen MR) is 127 cm³/mol. The standard InChI is InChI=1S/3C6H11N2O.C6H8O7/c3*1-7-2-3-8(6-7)4-5-9;7-3(8)1-6(13,5(11)12)2-4(9)10/h3*2-3,6,9H,4-5H2,1H3;13H,1-2H2,(H,7,8)(H,9,10)(H,11,12)/q3*+1;/p-3. The van der Waals surface area contributed by atoms with Gasteiger partial charge in [-0.1, -0.05) is 0 Å². The number of aryl methyl sites for hydroxylation is 3. The van der Waals surface area contributed by atoms with Crippen molar-refractivity contribution in [1.82, 2.24) is 13.7 Å². The third kappa shape index (κ3) is 16.0. The van der Waals surface area contributed by atoms with E-state index in [0.29, 0.717) is 19.6 Å². The van der Waals surface area contributed by atoms with Crippen LogP contribution < -0.4 is 29.0 Å². The van der Waals surface area contributed by atoms with E-state index in [1.165, 1.54) is 0 Å². The van der Waals surface area contributed by atoms with E-state index < -0.39 is 36.4 Å². The molecule has 0 fully saturated rings. The van der Waals surface area contributed by atoms with E-state index in [1.807, 2.05) is 105 Å². The third-order valence-corrected chi connectivity index (χ3v) is 4.80. The molecule has 0 amide bonds. The van der Waals surface area contributed by atoms with Crippen molar-refractivity contribution in [3.05, 3.63) is 56.2 Å². The maximum atomic E-state index is 10.1. The van der Waals surface area contributed by atoms with E-state index in [-0.39, 0.29) is 19.8 Å². The monoisotopic (exact) mass is 570 g/mol. The van der Waals surface area contributed by atoms with Crippen LogP contribution in [0.5, 0.6) is 0 Å². The molecule has 4 N–H and O–H groups in total. The normalized spacial score (nSPS) is 10.3. The van der Waals surface area contributed by atoms with Crippen LogP contribution in [0.1, 0.15) is 12.8 Å². The van der Waals surface area contributed by atoms with E-state index >= 15 is 0 Å². The molecule has 0 saturated heterocycles. The Labute approximate surface area is 231 Å². The lowest BCUT2D eigenvalue weighted by Gasteiger charge is -2.29. The van der Waals surface area contributed by atoms with Crippen LogP contribution in [0.15, 0.2) is 56.2 Å². The van der Waals surface area contributed by atoms with Crippen LogP contribution in [0.3, 0.4) is 0 Å². The van der Waals surface area contributed by atoms with Crippen LogP contribution in [0.25, 0.3) is 0 Å². The van der Waals surface area contributed by atoms with Crippen LogP contribution in [-0.4, -0.2) is 77.5 Å². The molecule has 3 heterocycles. The van der Waals surface area contributed by atoms with Gasteiger partial charge in [-0.15, -0.1) is 0 Å². The third-order valence-electron chi connectivity index (χ3n) is 4.80. The topological polar surface area (TPSA) is 228 Å². The number of carbonyl (C=O) groups excluding carboxylic acids is 3. The Morgan fingerprint density at radius 1 is 0.650 bits per heavy atom. The van der Waals surface area contributed by atoms with Crippen molar-refractivity contribution in [3.8, 4) is 0 Å². The molecule has 16 heteroatoms. The molecule has 16 nitrogen and oxygen atoms in total. The first-order chi connectivity index (χ1) is 18.8. The number of carbonyl (C=O) groups is 3. The molecule has 0 bridgehead atoms. The van der Waals surface area contributed by atoms with Crippen molar-refractivity contribution in [2.45, 2.75) is 38.1 Å². The second kappa shape index (κ2) is 19.0. The van der Waals surface area contributed by atoms with Crippen LogP contribution in [-0.2, 0) is 55.2 Å². The molecule has 0 aliphatic rings. The number of aliphatic hydroxyl groups excluding tert-OH is 3. The van der Waals surface area contributed by atoms with Crippen molar-refractivity contribution < 1.29 is 63.8 Å². The number of nitrogens with zero attached hydrogens (tertiary/aromatic N) is 6. The predicted octanol–water partition coefficient (Wildman–Crippen LogP) is -7.34. The number of aromatic nitrogens is 6. The van der Waals surface area contributed by atoms with E-state index in [2.05, 4.69) is 0 Å². The molecule has 224 valence electrons. The van der Waals surface area contributed by atoms with Gasteiger partial charge in [-0.2, -0.15) is 0 Å². The summed E-state index contributed by atoms with van der Waals surface area (Å²) in [6, 6.07) is 0. The molecule has 3 aromatic rings. The van der Waals surface area contributed by atoms with E-state index in [4.69, 9.17) is 20.4 Å². The zero-order chi connectivity index (χ0) is 30.7. The number of aliphatic carboxylic acids is 3. The molecular weight excluding hydrogens is 532 g/mol. The first-order valence-corrected chi connectivity index (χ1v) is 11.9. The van der Waals surface area contributed by atoms with Crippen molar-refractivity contribution in [2.24, 2.45) is 21.1 Å². The van der Waals surface area contributed by atoms with E-state index in [9.17, 15) is 29.7 Å². The average Bonchev–Trinajstić information content (AvgIpc) is 3.57. The van der Waals surface area contributed by atoms with Crippen molar-refractivity contribution in [2.75, 3.05) is 19.8 Å². The van der Waals surface area contributed by atoms with Crippen molar-refractivity contribution in [1.29, 1.82) is 0 Å². The lowest BCUT2D eigenvalue weighted by Crippen LogP contribution is -2.54. The van der Waals surface area contributed by atoms with Crippen molar-refractivity contribution in [3.63, 3.8) is 0 Å². The Morgan fingerprint density at radius 2 is 0.925 bits per heavy atom. The molecular formula is C24H38N6O10. The number of carboxylic acids is 3. The highest BCUT2D eigenvalue weighted by atomic mass is 16.4. The first kappa shape index (κ1) is 35.9. The lowest BCUT2D eigenvalue weighted by molar-refractivity contribution is -0.671. The highest BCUT2D eigenvalue weighted by Gasteiger charge is 2.29. The van der Waals surface area contributed by atoms with Crippen LogP contribution in [0.4, 0.5) is 0 Å². The Bertz CT molecular complexity index is 1040. The number of rotatable bonds is 11. The molecule has 0 atom stereocenters. The summed E-state index contributed by atoms with van der Waals surface area (Å²) in [6.45, 7) is 2.65. The molecule has 0 saturated carbocycles. The Morgan fingerprint density at radius 3 is 1.07 bits per heavy atom. The summed E-state index contributed by atoms with van der Waals surface area (Å²) in [6.07, 6.45) is 14.7. The maximum Gasteiger partial charge on any atom is 0.243 e. The van der Waals surface area contributed by atoms with Gasteiger partial charge in [-0.25, -0.2) is 27.4 Å². The zero-order valence-corrected chi connectivity index (χ0v) is 22.8. The summed E-state index contributed by atoms with van der Waals surface area (Å²) in [5.74, 6) is -5.98. The minimum absolute atomic E-state index is 0.203. The summed E-state index contributed by atoms with van der Waals surface area (Å²) in [7, 11) is 5.86. The second-order valence-corrected chi connectivity index (χ2v) is 8.54. The summed E-state index contributed by atoms with van der Waals surface area (Å²) in [5.41, 5.74) is -2.97. The number of imidazole rings is 3. The molecule has 0 spiro atoms. The number of hydrogen-bond acceptors (Lipinski definition) is 10. The number of aliphatic hydroxyl groups is 4. The highest BCUT2D eigenvalue weighted by molar-refractivity contribution is 5.86. The van der Waals surface area contributed by atoms with E-state index in [0.717, 1.165) is 0 Å². The molecule has 0 aromatic carbocycles. The fourth-order valence-corrected chi connectivity index (χ4v) is 2.93. The Hall–Kier alpha value is -4.12. The smallest absolute Gasteiger partial charge is 0.243 e. The molecule has 0 unspecified atom stereocenters. The maximum absolute atomic E-state index is 10.1. The summed E-state index contributed by atoms with van der Waals surface area (Å²) < 4.78 is 11.6. The van der Waals surface area contributed by atoms with Gasteiger partial charge in [0, 0.05) is 24.8 Å². The number of carboxylic acid groups (broad SMARTS) is 3. The molecule has 3 rings (SSSR count). The molecule has 0 radical (unpaired) electrons. The van der Waals surface area contributed by atoms with E-state index in [1.54, 1.807) is 0 Å². The molecule has 0 aliphatic heterocycles.